The van der Waals surface area contributed by atoms with E-state index in [4.69, 9.17) is 10.3 Å². The highest BCUT2D eigenvalue weighted by Crippen LogP contribution is 2.25. The van der Waals surface area contributed by atoms with E-state index >= 15 is 0 Å². The Morgan fingerprint density at radius 3 is 2.38 bits per heavy atom. The van der Waals surface area contributed by atoms with Crippen LogP contribution in [0.2, 0.25) is 0 Å². The van der Waals surface area contributed by atoms with E-state index in [1.807, 2.05) is 36.9 Å². The fraction of sp³-hybridized carbons (Fsp3) is 0.333. The molecular weight excluding hydrogens is 370 g/mol. The average Bonchev–Trinajstić information content (AvgIpc) is 3.17. The first-order valence-corrected chi connectivity index (χ1v) is 9.63. The lowest BCUT2D eigenvalue weighted by Gasteiger charge is -2.36. The van der Waals surface area contributed by atoms with Crippen LogP contribution < -0.4 is 10.6 Å². The van der Waals surface area contributed by atoms with Crippen molar-refractivity contribution in [1.82, 2.24) is 15.0 Å². The SMILES string of the molecule is CC(C)c1noc2ncc(C(=O)N3CCN(c4ccc(C(N)=O)cc4)CC3)cc12. The molecule has 0 atom stereocenters. The Kier molecular flexibility index (Phi) is 4.92. The normalized spacial score (nSPS) is 14.6. The third kappa shape index (κ3) is 3.65. The minimum absolute atomic E-state index is 0.0426. The van der Waals surface area contributed by atoms with Gasteiger partial charge in [0.05, 0.1) is 16.6 Å². The molecule has 8 heteroatoms. The molecule has 29 heavy (non-hydrogen) atoms. The highest BCUT2D eigenvalue weighted by molar-refractivity contribution is 5.97. The summed E-state index contributed by atoms with van der Waals surface area (Å²) < 4.78 is 5.26. The van der Waals surface area contributed by atoms with Gasteiger partial charge in [-0.3, -0.25) is 9.59 Å². The number of fused-ring (bicyclic) bond motifs is 1. The first kappa shape index (κ1) is 18.9. The number of nitrogens with two attached hydrogens (primary N) is 1. The molecule has 1 aliphatic rings. The summed E-state index contributed by atoms with van der Waals surface area (Å²) in [7, 11) is 0. The number of piperazine rings is 1. The van der Waals surface area contributed by atoms with Gasteiger partial charge < -0.3 is 20.1 Å². The van der Waals surface area contributed by atoms with Gasteiger partial charge in [0.15, 0.2) is 0 Å². The van der Waals surface area contributed by atoms with Crippen LogP contribution >= 0.6 is 0 Å². The molecule has 0 aliphatic carbocycles. The number of carbonyl (C=O) groups excluding carboxylic acids is 2. The molecule has 1 aliphatic heterocycles. The number of anilines is 1. The van der Waals surface area contributed by atoms with E-state index in [2.05, 4.69) is 15.0 Å². The molecule has 0 spiro atoms. The number of aromatic nitrogens is 2. The predicted octanol–water partition coefficient (Wildman–Crippen LogP) is 2.41. The van der Waals surface area contributed by atoms with E-state index in [0.717, 1.165) is 16.8 Å². The second-order valence-corrected chi connectivity index (χ2v) is 7.49. The minimum atomic E-state index is -0.439. The third-order valence-electron chi connectivity index (χ3n) is 5.24. The maximum atomic E-state index is 13.0. The second-order valence-electron chi connectivity index (χ2n) is 7.49. The van der Waals surface area contributed by atoms with E-state index in [9.17, 15) is 9.59 Å². The Morgan fingerprint density at radius 1 is 1.07 bits per heavy atom. The van der Waals surface area contributed by atoms with Crippen LogP contribution in [0.3, 0.4) is 0 Å². The Morgan fingerprint density at radius 2 is 1.76 bits per heavy atom. The van der Waals surface area contributed by atoms with Crippen LogP contribution in [0.15, 0.2) is 41.1 Å². The fourth-order valence-corrected chi connectivity index (χ4v) is 3.57. The Hall–Kier alpha value is -3.42. The number of amides is 2. The van der Waals surface area contributed by atoms with E-state index in [1.54, 1.807) is 18.3 Å². The molecule has 2 amide bonds. The maximum absolute atomic E-state index is 13.0. The lowest BCUT2D eigenvalue weighted by Crippen LogP contribution is -2.48. The Labute approximate surface area is 168 Å². The molecule has 3 aromatic rings. The molecule has 1 aromatic carbocycles. The third-order valence-corrected chi connectivity index (χ3v) is 5.24. The number of hydrogen-bond acceptors (Lipinski definition) is 6. The number of pyridine rings is 1. The van der Waals surface area contributed by atoms with Gasteiger partial charge in [0, 0.05) is 43.6 Å². The lowest BCUT2D eigenvalue weighted by molar-refractivity contribution is 0.0746. The molecule has 1 fully saturated rings. The summed E-state index contributed by atoms with van der Waals surface area (Å²) in [5.74, 6) is -0.294. The van der Waals surface area contributed by atoms with Crippen LogP contribution in [0.4, 0.5) is 5.69 Å². The molecule has 0 saturated carbocycles. The number of nitrogens with zero attached hydrogens (tertiary/aromatic N) is 4. The van der Waals surface area contributed by atoms with Crippen molar-refractivity contribution in [1.29, 1.82) is 0 Å². The number of carbonyl (C=O) groups is 2. The lowest BCUT2D eigenvalue weighted by atomic mass is 10.1. The Bertz CT molecular complexity index is 1050. The molecule has 0 unspecified atom stereocenters. The summed E-state index contributed by atoms with van der Waals surface area (Å²) in [5.41, 5.74) is 8.60. The van der Waals surface area contributed by atoms with Crippen LogP contribution in [0, 0.1) is 0 Å². The van der Waals surface area contributed by atoms with Crippen LogP contribution in [0.5, 0.6) is 0 Å². The summed E-state index contributed by atoms with van der Waals surface area (Å²) in [4.78, 5) is 32.5. The molecular formula is C21H23N5O3. The topological polar surface area (TPSA) is 106 Å². The highest BCUT2D eigenvalue weighted by Gasteiger charge is 2.24. The van der Waals surface area contributed by atoms with Crippen molar-refractivity contribution in [2.45, 2.75) is 19.8 Å². The molecule has 150 valence electrons. The van der Waals surface area contributed by atoms with Crippen molar-refractivity contribution >= 4 is 28.6 Å². The van der Waals surface area contributed by atoms with Crippen LogP contribution in [-0.2, 0) is 0 Å². The standard InChI is InChI=1S/C21H23N5O3/c1-13(2)18-17-11-15(12-23-20(17)29-24-18)21(28)26-9-7-25(8-10-26)16-5-3-14(4-6-16)19(22)27/h3-6,11-13H,7-10H2,1-2H3,(H2,22,27). The summed E-state index contributed by atoms with van der Waals surface area (Å²) in [6.07, 6.45) is 1.55. The van der Waals surface area contributed by atoms with Crippen LogP contribution in [0.1, 0.15) is 46.2 Å². The smallest absolute Gasteiger partial charge is 0.257 e. The van der Waals surface area contributed by atoms with Crippen molar-refractivity contribution in [2.24, 2.45) is 5.73 Å². The van der Waals surface area contributed by atoms with Gasteiger partial charge in [0.1, 0.15) is 0 Å². The molecule has 0 bridgehead atoms. The number of primary amides is 1. The van der Waals surface area contributed by atoms with Crippen molar-refractivity contribution in [3.05, 3.63) is 53.3 Å². The molecule has 2 N–H and O–H groups in total. The van der Waals surface area contributed by atoms with Gasteiger partial charge in [0.25, 0.3) is 11.6 Å². The average molecular weight is 393 g/mol. The largest absolute Gasteiger partial charge is 0.368 e. The maximum Gasteiger partial charge on any atom is 0.257 e. The van der Waals surface area contributed by atoms with Crippen LogP contribution in [0.25, 0.3) is 11.1 Å². The minimum Gasteiger partial charge on any atom is -0.368 e. The summed E-state index contributed by atoms with van der Waals surface area (Å²) in [5, 5.41) is 4.86. The molecule has 1 saturated heterocycles. The summed E-state index contributed by atoms with van der Waals surface area (Å²) >= 11 is 0. The van der Waals surface area contributed by atoms with Gasteiger partial charge >= 0.3 is 0 Å². The Balaban J connectivity index is 1.45. The first-order valence-electron chi connectivity index (χ1n) is 9.63. The summed E-state index contributed by atoms with van der Waals surface area (Å²) in [6.45, 7) is 6.69. The zero-order valence-electron chi connectivity index (χ0n) is 16.5. The van der Waals surface area contributed by atoms with Gasteiger partial charge in [-0.05, 0) is 36.2 Å². The van der Waals surface area contributed by atoms with Gasteiger partial charge in [0.2, 0.25) is 5.91 Å². The number of rotatable bonds is 4. The van der Waals surface area contributed by atoms with Gasteiger partial charge in [-0.25, -0.2) is 4.98 Å². The van der Waals surface area contributed by atoms with Gasteiger partial charge in [-0.15, -0.1) is 0 Å². The predicted molar refractivity (Wildman–Crippen MR) is 109 cm³/mol. The zero-order chi connectivity index (χ0) is 20.5. The molecule has 8 nitrogen and oxygen atoms in total. The van der Waals surface area contributed by atoms with E-state index in [-0.39, 0.29) is 11.8 Å². The second kappa shape index (κ2) is 7.54. The van der Waals surface area contributed by atoms with E-state index in [0.29, 0.717) is 43.0 Å². The first-order chi connectivity index (χ1) is 13.9. The van der Waals surface area contributed by atoms with E-state index in [1.165, 1.54) is 0 Å². The molecule has 2 aromatic heterocycles. The number of benzene rings is 1. The quantitative estimate of drug-likeness (QED) is 0.730. The van der Waals surface area contributed by atoms with Crippen molar-refractivity contribution < 1.29 is 14.1 Å². The molecule has 4 rings (SSSR count). The monoisotopic (exact) mass is 393 g/mol. The van der Waals surface area contributed by atoms with Crippen molar-refractivity contribution in [3.8, 4) is 0 Å². The van der Waals surface area contributed by atoms with Gasteiger partial charge in [-0.2, -0.15) is 0 Å². The van der Waals surface area contributed by atoms with Crippen LogP contribution in [-0.4, -0.2) is 53.0 Å². The van der Waals surface area contributed by atoms with E-state index < -0.39 is 5.91 Å². The number of hydrogen-bond donors (Lipinski definition) is 1. The highest BCUT2D eigenvalue weighted by atomic mass is 16.5. The van der Waals surface area contributed by atoms with Crippen molar-refractivity contribution in [3.63, 3.8) is 0 Å². The van der Waals surface area contributed by atoms with Crippen molar-refractivity contribution in [2.75, 3.05) is 31.1 Å². The fourth-order valence-electron chi connectivity index (χ4n) is 3.57. The molecule has 3 heterocycles. The van der Waals surface area contributed by atoms with Gasteiger partial charge in [-0.1, -0.05) is 19.0 Å². The summed E-state index contributed by atoms with van der Waals surface area (Å²) in [6, 6.07) is 9.04. The zero-order valence-corrected chi connectivity index (χ0v) is 16.5. The molecule has 0 radical (unpaired) electrons.